The van der Waals surface area contributed by atoms with Crippen LogP contribution in [-0.2, 0) is 4.79 Å². The van der Waals surface area contributed by atoms with Crippen LogP contribution in [0.4, 0.5) is 11.4 Å². The SMILES string of the molecule is CCCOc1ccc(/C=C/C(=O)Nc2ccc(N)c(C(=O)c3ccccc3)c2)cc1. The summed E-state index contributed by atoms with van der Waals surface area (Å²) in [6.45, 7) is 2.73. The van der Waals surface area contributed by atoms with Crippen LogP contribution in [0.1, 0.15) is 34.8 Å². The molecule has 0 unspecified atom stereocenters. The number of ether oxygens (including phenoxy) is 1. The Morgan fingerprint density at radius 3 is 2.43 bits per heavy atom. The third kappa shape index (κ3) is 5.58. The van der Waals surface area contributed by atoms with Gasteiger partial charge in [-0.25, -0.2) is 0 Å². The average Bonchev–Trinajstić information content (AvgIpc) is 2.78. The zero-order chi connectivity index (χ0) is 21.3. The minimum atomic E-state index is -0.302. The monoisotopic (exact) mass is 400 g/mol. The van der Waals surface area contributed by atoms with Crippen molar-refractivity contribution in [3.63, 3.8) is 0 Å². The second-order valence-corrected chi connectivity index (χ2v) is 6.74. The molecule has 5 heteroatoms. The normalized spacial score (nSPS) is 10.7. The summed E-state index contributed by atoms with van der Waals surface area (Å²) < 4.78 is 5.55. The number of nitrogen functional groups attached to an aromatic ring is 1. The van der Waals surface area contributed by atoms with Crippen molar-refractivity contribution < 1.29 is 14.3 Å². The Balaban J connectivity index is 1.66. The molecule has 0 aliphatic carbocycles. The van der Waals surface area contributed by atoms with Crippen molar-refractivity contribution in [2.75, 3.05) is 17.7 Å². The molecule has 0 aliphatic heterocycles. The molecule has 30 heavy (non-hydrogen) atoms. The van der Waals surface area contributed by atoms with Gasteiger partial charge < -0.3 is 15.8 Å². The Hall–Kier alpha value is -3.86. The molecule has 0 bridgehead atoms. The zero-order valence-corrected chi connectivity index (χ0v) is 16.8. The number of amides is 1. The van der Waals surface area contributed by atoms with Crippen LogP contribution in [0.2, 0.25) is 0 Å². The number of carbonyl (C=O) groups excluding carboxylic acids is 2. The van der Waals surface area contributed by atoms with Crippen molar-refractivity contribution in [3.8, 4) is 5.75 Å². The molecule has 3 N–H and O–H groups in total. The van der Waals surface area contributed by atoms with E-state index >= 15 is 0 Å². The second-order valence-electron chi connectivity index (χ2n) is 6.74. The van der Waals surface area contributed by atoms with Crippen LogP contribution >= 0.6 is 0 Å². The third-order valence-electron chi connectivity index (χ3n) is 4.38. The van der Waals surface area contributed by atoms with E-state index in [0.29, 0.717) is 29.1 Å². The van der Waals surface area contributed by atoms with Crippen LogP contribution in [0.3, 0.4) is 0 Å². The fourth-order valence-corrected chi connectivity index (χ4v) is 2.83. The first-order chi connectivity index (χ1) is 14.6. The van der Waals surface area contributed by atoms with Crippen molar-refractivity contribution in [2.24, 2.45) is 0 Å². The molecule has 0 atom stereocenters. The molecule has 0 aliphatic rings. The Morgan fingerprint density at radius 2 is 1.73 bits per heavy atom. The van der Waals surface area contributed by atoms with Crippen molar-refractivity contribution in [3.05, 3.63) is 95.6 Å². The molecule has 3 aromatic rings. The Bertz CT molecular complexity index is 1040. The largest absolute Gasteiger partial charge is 0.494 e. The van der Waals surface area contributed by atoms with Gasteiger partial charge in [0.25, 0.3) is 0 Å². The maximum Gasteiger partial charge on any atom is 0.248 e. The van der Waals surface area contributed by atoms with Gasteiger partial charge >= 0.3 is 0 Å². The predicted molar refractivity (Wildman–Crippen MR) is 121 cm³/mol. The Kier molecular flexibility index (Phi) is 7.00. The lowest BCUT2D eigenvalue weighted by atomic mass is 10.0. The summed E-state index contributed by atoms with van der Waals surface area (Å²) in [5, 5.41) is 2.77. The molecule has 0 aromatic heterocycles. The quantitative estimate of drug-likeness (QED) is 0.319. The first-order valence-electron chi connectivity index (χ1n) is 9.78. The molecule has 0 radical (unpaired) electrons. The molecule has 0 fully saturated rings. The van der Waals surface area contributed by atoms with Gasteiger partial charge in [0.15, 0.2) is 5.78 Å². The van der Waals surface area contributed by atoms with Crippen LogP contribution in [0.5, 0.6) is 5.75 Å². The summed E-state index contributed by atoms with van der Waals surface area (Å²) >= 11 is 0. The topological polar surface area (TPSA) is 81.4 Å². The van der Waals surface area contributed by atoms with Crippen molar-refractivity contribution in [1.29, 1.82) is 0 Å². The number of benzene rings is 3. The van der Waals surface area contributed by atoms with E-state index in [1.54, 1.807) is 48.5 Å². The van der Waals surface area contributed by atoms with E-state index < -0.39 is 0 Å². The van der Waals surface area contributed by atoms with Crippen LogP contribution < -0.4 is 15.8 Å². The van der Waals surface area contributed by atoms with E-state index in [1.165, 1.54) is 6.08 Å². The van der Waals surface area contributed by atoms with Gasteiger partial charge in [-0.3, -0.25) is 9.59 Å². The van der Waals surface area contributed by atoms with Crippen LogP contribution in [0.15, 0.2) is 78.9 Å². The van der Waals surface area contributed by atoms with Crippen LogP contribution in [-0.4, -0.2) is 18.3 Å². The number of nitrogens with one attached hydrogen (secondary N) is 1. The van der Waals surface area contributed by atoms with Gasteiger partial charge in [0.2, 0.25) is 5.91 Å². The maximum atomic E-state index is 12.7. The number of hydrogen-bond acceptors (Lipinski definition) is 4. The highest BCUT2D eigenvalue weighted by Crippen LogP contribution is 2.21. The summed E-state index contributed by atoms with van der Waals surface area (Å²) in [5.74, 6) is 0.310. The standard InChI is InChI=1S/C25H24N2O3/c1-2-16-30-21-12-8-18(9-13-21)10-15-24(28)27-20-11-14-23(26)22(17-20)25(29)19-6-4-3-5-7-19/h3-15,17H,2,16,26H2,1H3,(H,27,28)/b15-10+. The van der Waals surface area contributed by atoms with Crippen LogP contribution in [0, 0.1) is 0 Å². The summed E-state index contributed by atoms with van der Waals surface area (Å²) in [6, 6.07) is 21.3. The minimum Gasteiger partial charge on any atom is -0.494 e. The highest BCUT2D eigenvalue weighted by Gasteiger charge is 2.13. The number of ketones is 1. The maximum absolute atomic E-state index is 12.7. The van der Waals surface area contributed by atoms with Gasteiger partial charge in [-0.2, -0.15) is 0 Å². The fourth-order valence-electron chi connectivity index (χ4n) is 2.83. The van der Waals surface area contributed by atoms with Gasteiger partial charge in [-0.05, 0) is 48.4 Å². The van der Waals surface area contributed by atoms with Gasteiger partial charge in [0.1, 0.15) is 5.75 Å². The number of rotatable bonds is 8. The zero-order valence-electron chi connectivity index (χ0n) is 16.8. The summed E-state index contributed by atoms with van der Waals surface area (Å²) in [4.78, 5) is 25.0. The lowest BCUT2D eigenvalue weighted by molar-refractivity contribution is -0.111. The first-order valence-corrected chi connectivity index (χ1v) is 9.78. The van der Waals surface area contributed by atoms with Gasteiger partial charge in [0, 0.05) is 28.6 Å². The van der Waals surface area contributed by atoms with Crippen LogP contribution in [0.25, 0.3) is 6.08 Å². The number of nitrogens with two attached hydrogens (primary N) is 1. The van der Waals surface area contributed by atoms with Gasteiger partial charge in [-0.15, -0.1) is 0 Å². The molecule has 3 aromatic carbocycles. The molecule has 5 nitrogen and oxygen atoms in total. The molecule has 1 amide bonds. The highest BCUT2D eigenvalue weighted by molar-refractivity contribution is 6.13. The molecular weight excluding hydrogens is 376 g/mol. The summed E-state index contributed by atoms with van der Waals surface area (Å²) in [7, 11) is 0. The first kappa shape index (κ1) is 20.9. The highest BCUT2D eigenvalue weighted by atomic mass is 16.5. The van der Waals surface area contributed by atoms with E-state index in [0.717, 1.165) is 17.7 Å². The molecule has 0 heterocycles. The molecule has 152 valence electrons. The van der Waals surface area contributed by atoms with E-state index in [9.17, 15) is 9.59 Å². The van der Waals surface area contributed by atoms with E-state index in [4.69, 9.17) is 10.5 Å². The predicted octanol–water partition coefficient (Wildman–Crippen LogP) is 4.94. The van der Waals surface area contributed by atoms with Crippen molar-refractivity contribution >= 4 is 29.1 Å². The Morgan fingerprint density at radius 1 is 1.00 bits per heavy atom. The second kappa shape index (κ2) is 10.1. The number of hydrogen-bond donors (Lipinski definition) is 2. The number of carbonyl (C=O) groups is 2. The minimum absolute atomic E-state index is 0.190. The fraction of sp³-hybridized carbons (Fsp3) is 0.120. The molecule has 0 spiro atoms. The van der Waals surface area contributed by atoms with Crippen molar-refractivity contribution in [1.82, 2.24) is 0 Å². The number of anilines is 2. The van der Waals surface area contributed by atoms with E-state index in [1.807, 2.05) is 30.3 Å². The molecule has 0 saturated carbocycles. The van der Waals surface area contributed by atoms with E-state index in [-0.39, 0.29) is 11.7 Å². The Labute approximate surface area is 176 Å². The van der Waals surface area contributed by atoms with E-state index in [2.05, 4.69) is 12.2 Å². The molecule has 0 saturated heterocycles. The average molecular weight is 400 g/mol. The van der Waals surface area contributed by atoms with Crippen molar-refractivity contribution in [2.45, 2.75) is 13.3 Å². The molecule has 3 rings (SSSR count). The molecular formula is C25H24N2O3. The summed E-state index contributed by atoms with van der Waals surface area (Å²) in [5.41, 5.74) is 8.62. The smallest absolute Gasteiger partial charge is 0.248 e. The van der Waals surface area contributed by atoms with Gasteiger partial charge in [-0.1, -0.05) is 49.4 Å². The lowest BCUT2D eigenvalue weighted by Gasteiger charge is -2.09. The third-order valence-corrected chi connectivity index (χ3v) is 4.38. The van der Waals surface area contributed by atoms with Gasteiger partial charge in [0.05, 0.1) is 6.61 Å². The summed E-state index contributed by atoms with van der Waals surface area (Å²) in [6.07, 6.45) is 4.11. The lowest BCUT2D eigenvalue weighted by Crippen LogP contribution is -2.10.